The molecule has 31 heavy (non-hydrogen) atoms. The van der Waals surface area contributed by atoms with Crippen LogP contribution in [-0.2, 0) is 11.3 Å². The number of benzene rings is 2. The SMILES string of the molecule is CC(C)(C)OC(=O)c1ccc(NCc2cc(C3CC3)cc(C3CC3)c2)c(OC2CC2)c1. The fourth-order valence-corrected chi connectivity index (χ4v) is 3.95. The minimum absolute atomic E-state index is 0.258. The van der Waals surface area contributed by atoms with Crippen molar-refractivity contribution in [3.63, 3.8) is 0 Å². The molecule has 0 unspecified atom stereocenters. The highest BCUT2D eigenvalue weighted by Gasteiger charge is 2.29. The summed E-state index contributed by atoms with van der Waals surface area (Å²) in [5, 5.41) is 3.57. The van der Waals surface area contributed by atoms with Crippen LogP contribution in [0.25, 0.3) is 0 Å². The van der Waals surface area contributed by atoms with Gasteiger partial charge in [-0.15, -0.1) is 0 Å². The van der Waals surface area contributed by atoms with E-state index in [2.05, 4.69) is 23.5 Å². The average Bonchev–Trinajstić information content (AvgIpc) is 3.54. The van der Waals surface area contributed by atoms with Crippen molar-refractivity contribution < 1.29 is 14.3 Å². The number of esters is 1. The average molecular weight is 420 g/mol. The maximum Gasteiger partial charge on any atom is 0.338 e. The summed E-state index contributed by atoms with van der Waals surface area (Å²) in [6.45, 7) is 6.41. The van der Waals surface area contributed by atoms with Crippen LogP contribution < -0.4 is 10.1 Å². The third-order valence-corrected chi connectivity index (χ3v) is 6.05. The van der Waals surface area contributed by atoms with Crippen LogP contribution in [-0.4, -0.2) is 17.7 Å². The molecule has 2 aromatic rings. The van der Waals surface area contributed by atoms with E-state index in [9.17, 15) is 4.79 Å². The van der Waals surface area contributed by atoms with Crippen LogP contribution in [0.2, 0.25) is 0 Å². The number of carbonyl (C=O) groups is 1. The number of rotatable bonds is 8. The van der Waals surface area contributed by atoms with Crippen molar-refractivity contribution in [2.24, 2.45) is 0 Å². The normalized spacial score (nSPS) is 18.5. The first-order valence-corrected chi connectivity index (χ1v) is 11.8. The molecule has 0 radical (unpaired) electrons. The van der Waals surface area contributed by atoms with Crippen LogP contribution in [0.1, 0.15) is 98.2 Å². The lowest BCUT2D eigenvalue weighted by molar-refractivity contribution is 0.00691. The molecule has 3 aliphatic carbocycles. The number of hydrogen-bond donors (Lipinski definition) is 1. The second kappa shape index (κ2) is 7.89. The molecule has 3 saturated carbocycles. The van der Waals surface area contributed by atoms with Gasteiger partial charge in [-0.05, 0) is 106 Å². The van der Waals surface area contributed by atoms with Gasteiger partial charge in [0.15, 0.2) is 0 Å². The largest absolute Gasteiger partial charge is 0.488 e. The lowest BCUT2D eigenvalue weighted by Crippen LogP contribution is -2.24. The molecule has 3 aliphatic rings. The van der Waals surface area contributed by atoms with Gasteiger partial charge >= 0.3 is 5.97 Å². The molecular weight excluding hydrogens is 386 g/mol. The van der Waals surface area contributed by atoms with Gasteiger partial charge in [-0.2, -0.15) is 0 Å². The standard InChI is InChI=1S/C27H33NO3/c1-27(2,3)31-26(29)20-8-11-24(25(15-20)30-23-9-10-23)28-16-17-12-21(18-4-5-18)14-22(13-17)19-6-7-19/h8,11-15,18-19,23,28H,4-7,9-10,16H2,1-3H3. The molecule has 0 bridgehead atoms. The van der Waals surface area contributed by atoms with Gasteiger partial charge in [0.1, 0.15) is 11.4 Å². The molecule has 164 valence electrons. The first kappa shape index (κ1) is 20.4. The Morgan fingerprint density at radius 1 is 0.935 bits per heavy atom. The number of hydrogen-bond acceptors (Lipinski definition) is 4. The maximum atomic E-state index is 12.5. The molecule has 0 amide bonds. The zero-order chi connectivity index (χ0) is 21.6. The van der Waals surface area contributed by atoms with Crippen LogP contribution in [0, 0.1) is 0 Å². The van der Waals surface area contributed by atoms with Crippen molar-refractivity contribution in [1.29, 1.82) is 0 Å². The van der Waals surface area contributed by atoms with E-state index >= 15 is 0 Å². The predicted octanol–water partition coefficient (Wildman–Crippen LogP) is 6.55. The van der Waals surface area contributed by atoms with Gasteiger partial charge < -0.3 is 14.8 Å². The Labute approximate surface area is 185 Å². The molecule has 0 heterocycles. The highest BCUT2D eigenvalue weighted by Crippen LogP contribution is 2.45. The van der Waals surface area contributed by atoms with E-state index in [0.717, 1.165) is 42.7 Å². The summed E-state index contributed by atoms with van der Waals surface area (Å²) in [5.41, 5.74) is 5.30. The molecule has 4 heteroatoms. The van der Waals surface area contributed by atoms with Crippen molar-refractivity contribution in [2.45, 2.75) is 89.4 Å². The number of ether oxygens (including phenoxy) is 2. The van der Waals surface area contributed by atoms with Gasteiger partial charge in [-0.3, -0.25) is 0 Å². The zero-order valence-corrected chi connectivity index (χ0v) is 18.9. The maximum absolute atomic E-state index is 12.5. The summed E-state index contributed by atoms with van der Waals surface area (Å²) in [4.78, 5) is 12.5. The van der Waals surface area contributed by atoms with Gasteiger partial charge in [0.05, 0.1) is 17.4 Å². The molecule has 2 aromatic carbocycles. The Balaban J connectivity index is 1.34. The molecule has 1 N–H and O–H groups in total. The van der Waals surface area contributed by atoms with Crippen molar-refractivity contribution in [3.8, 4) is 5.75 Å². The topological polar surface area (TPSA) is 47.6 Å². The second-order valence-electron chi connectivity index (χ2n) is 10.4. The molecule has 0 aliphatic heterocycles. The van der Waals surface area contributed by atoms with E-state index in [0.29, 0.717) is 5.56 Å². The zero-order valence-electron chi connectivity index (χ0n) is 18.9. The third kappa shape index (κ3) is 5.41. The smallest absolute Gasteiger partial charge is 0.338 e. The van der Waals surface area contributed by atoms with E-state index in [4.69, 9.17) is 9.47 Å². The van der Waals surface area contributed by atoms with Crippen molar-refractivity contribution >= 4 is 11.7 Å². The van der Waals surface area contributed by atoms with E-state index in [1.807, 2.05) is 39.0 Å². The Morgan fingerprint density at radius 2 is 1.58 bits per heavy atom. The molecule has 3 fully saturated rings. The third-order valence-electron chi connectivity index (χ3n) is 6.05. The van der Waals surface area contributed by atoms with Crippen molar-refractivity contribution in [1.82, 2.24) is 0 Å². The quantitative estimate of drug-likeness (QED) is 0.493. The highest BCUT2D eigenvalue weighted by molar-refractivity contribution is 5.91. The van der Waals surface area contributed by atoms with Gasteiger partial charge in [-0.1, -0.05) is 18.2 Å². The van der Waals surface area contributed by atoms with Crippen LogP contribution >= 0.6 is 0 Å². The molecule has 0 spiro atoms. The van der Waals surface area contributed by atoms with Crippen LogP contribution in [0.4, 0.5) is 5.69 Å². The minimum atomic E-state index is -0.517. The molecule has 0 atom stereocenters. The van der Waals surface area contributed by atoms with Gasteiger partial charge in [0.2, 0.25) is 0 Å². The Bertz CT molecular complexity index is 948. The summed E-state index contributed by atoms with van der Waals surface area (Å²) in [6, 6.07) is 12.8. The van der Waals surface area contributed by atoms with Crippen LogP contribution in [0.3, 0.4) is 0 Å². The van der Waals surface area contributed by atoms with Crippen LogP contribution in [0.15, 0.2) is 36.4 Å². The predicted molar refractivity (Wildman–Crippen MR) is 123 cm³/mol. The first-order valence-electron chi connectivity index (χ1n) is 11.8. The highest BCUT2D eigenvalue weighted by atomic mass is 16.6. The van der Waals surface area contributed by atoms with Crippen LogP contribution in [0.5, 0.6) is 5.75 Å². The van der Waals surface area contributed by atoms with E-state index in [1.54, 1.807) is 0 Å². The molecule has 4 nitrogen and oxygen atoms in total. The van der Waals surface area contributed by atoms with Crippen molar-refractivity contribution in [2.75, 3.05) is 5.32 Å². The van der Waals surface area contributed by atoms with E-state index < -0.39 is 5.60 Å². The molecule has 0 saturated heterocycles. The van der Waals surface area contributed by atoms with Gasteiger partial charge in [0.25, 0.3) is 0 Å². The summed E-state index contributed by atoms with van der Waals surface area (Å²) in [7, 11) is 0. The summed E-state index contributed by atoms with van der Waals surface area (Å²) in [5.74, 6) is 1.95. The molecular formula is C27H33NO3. The summed E-state index contributed by atoms with van der Waals surface area (Å²) < 4.78 is 11.7. The number of carbonyl (C=O) groups excluding carboxylic acids is 1. The fourth-order valence-electron chi connectivity index (χ4n) is 3.95. The minimum Gasteiger partial charge on any atom is -0.488 e. The number of anilines is 1. The Morgan fingerprint density at radius 3 is 2.13 bits per heavy atom. The van der Waals surface area contributed by atoms with Crippen molar-refractivity contribution in [3.05, 3.63) is 58.7 Å². The van der Waals surface area contributed by atoms with E-state index in [-0.39, 0.29) is 12.1 Å². The fraction of sp³-hybridized carbons (Fsp3) is 0.519. The number of nitrogens with one attached hydrogen (secondary N) is 1. The Kier molecular flexibility index (Phi) is 5.19. The molecule has 0 aromatic heterocycles. The lowest BCUT2D eigenvalue weighted by atomic mass is 10.00. The molecule has 5 rings (SSSR count). The van der Waals surface area contributed by atoms with Gasteiger partial charge in [-0.25, -0.2) is 4.79 Å². The monoisotopic (exact) mass is 419 g/mol. The van der Waals surface area contributed by atoms with E-state index in [1.165, 1.54) is 42.4 Å². The second-order valence-corrected chi connectivity index (χ2v) is 10.4. The lowest BCUT2D eigenvalue weighted by Gasteiger charge is -2.20. The summed E-state index contributed by atoms with van der Waals surface area (Å²) >= 11 is 0. The first-order chi connectivity index (χ1) is 14.8. The Hall–Kier alpha value is -2.49. The van der Waals surface area contributed by atoms with Gasteiger partial charge in [0, 0.05) is 6.54 Å². The summed E-state index contributed by atoms with van der Waals surface area (Å²) in [6.07, 6.45) is 7.71.